The molecule has 1 saturated carbocycles. The van der Waals surface area contributed by atoms with E-state index in [9.17, 15) is 4.79 Å². The van der Waals surface area contributed by atoms with Gasteiger partial charge in [0.05, 0.1) is 7.11 Å². The predicted octanol–water partition coefficient (Wildman–Crippen LogP) is 3.08. The summed E-state index contributed by atoms with van der Waals surface area (Å²) in [6, 6.07) is 8.15. The van der Waals surface area contributed by atoms with Gasteiger partial charge in [0.2, 0.25) is 0 Å². The molecule has 0 bridgehead atoms. The molecule has 0 spiro atoms. The second kappa shape index (κ2) is 5.11. The zero-order valence-electron chi connectivity index (χ0n) is 11.9. The quantitative estimate of drug-likeness (QED) is 0.911. The van der Waals surface area contributed by atoms with Crippen LogP contribution in [0.25, 0.3) is 0 Å². The summed E-state index contributed by atoms with van der Waals surface area (Å²) in [5.74, 6) is 1.24. The Morgan fingerprint density at radius 2 is 1.89 bits per heavy atom. The zero-order chi connectivity index (χ0) is 14.0. The van der Waals surface area contributed by atoms with Crippen molar-refractivity contribution in [3.05, 3.63) is 29.8 Å². The summed E-state index contributed by atoms with van der Waals surface area (Å²) >= 11 is 0. The first kappa shape index (κ1) is 13.7. The van der Waals surface area contributed by atoms with Crippen LogP contribution in [0.4, 0.5) is 4.79 Å². The molecule has 1 fully saturated rings. The molecular weight excluding hydrogens is 242 g/mol. The van der Waals surface area contributed by atoms with E-state index >= 15 is 0 Å². The van der Waals surface area contributed by atoms with Crippen molar-refractivity contribution in [2.75, 3.05) is 7.11 Å². The molecule has 4 nitrogen and oxygen atoms in total. The Hall–Kier alpha value is -1.71. The van der Waals surface area contributed by atoms with Crippen LogP contribution < -0.4 is 10.1 Å². The average Bonchev–Trinajstić information content (AvgIpc) is 3.06. The molecule has 1 unspecified atom stereocenters. The number of rotatable bonds is 3. The van der Waals surface area contributed by atoms with Crippen LogP contribution >= 0.6 is 0 Å². The number of methoxy groups -OCH3 is 1. The average molecular weight is 263 g/mol. The number of carbonyl (C=O) groups is 1. The fourth-order valence-electron chi connectivity index (χ4n) is 2.03. The molecule has 1 aromatic carbocycles. The van der Waals surface area contributed by atoms with Gasteiger partial charge in [-0.25, -0.2) is 4.79 Å². The van der Waals surface area contributed by atoms with Gasteiger partial charge in [-0.05, 0) is 44.9 Å². The Balaban J connectivity index is 1.85. The number of benzene rings is 1. The number of hydrogen-bond donors (Lipinski definition) is 1. The van der Waals surface area contributed by atoms with E-state index in [0.29, 0.717) is 5.92 Å². The lowest BCUT2D eigenvalue weighted by atomic mass is 10.1. The normalized spacial score (nSPS) is 21.7. The molecule has 1 aromatic rings. The second-order valence-corrected chi connectivity index (χ2v) is 5.87. The maximum atomic E-state index is 11.6. The molecular formula is C15H21NO3. The summed E-state index contributed by atoms with van der Waals surface area (Å²) in [6.07, 6.45) is 0.625. The van der Waals surface area contributed by atoms with Crippen molar-refractivity contribution in [1.82, 2.24) is 5.32 Å². The van der Waals surface area contributed by atoms with E-state index in [0.717, 1.165) is 12.2 Å². The third-order valence-corrected chi connectivity index (χ3v) is 3.04. The molecule has 0 radical (unpaired) electrons. The lowest BCUT2D eigenvalue weighted by Crippen LogP contribution is -2.34. The van der Waals surface area contributed by atoms with Gasteiger partial charge in [0.15, 0.2) is 0 Å². The van der Waals surface area contributed by atoms with Crippen LogP contribution in [-0.2, 0) is 4.74 Å². The molecule has 0 saturated heterocycles. The van der Waals surface area contributed by atoms with Gasteiger partial charge in [-0.2, -0.15) is 0 Å². The third-order valence-electron chi connectivity index (χ3n) is 3.04. The SMILES string of the molecule is COc1ccc([C@H]2CC2NC(=O)OC(C)(C)C)cc1. The fraction of sp³-hybridized carbons (Fsp3) is 0.533. The number of amides is 1. The Morgan fingerprint density at radius 3 is 2.42 bits per heavy atom. The highest BCUT2D eigenvalue weighted by Gasteiger charge is 2.40. The lowest BCUT2D eigenvalue weighted by Gasteiger charge is -2.19. The molecule has 2 atom stereocenters. The predicted molar refractivity (Wildman–Crippen MR) is 73.5 cm³/mol. The molecule has 1 aliphatic rings. The van der Waals surface area contributed by atoms with E-state index < -0.39 is 5.60 Å². The number of nitrogens with one attached hydrogen (secondary N) is 1. The van der Waals surface area contributed by atoms with Crippen molar-refractivity contribution in [1.29, 1.82) is 0 Å². The van der Waals surface area contributed by atoms with Gasteiger partial charge in [0.1, 0.15) is 11.4 Å². The Labute approximate surface area is 114 Å². The fourth-order valence-corrected chi connectivity index (χ4v) is 2.03. The van der Waals surface area contributed by atoms with Crippen molar-refractivity contribution in [3.63, 3.8) is 0 Å². The highest BCUT2D eigenvalue weighted by Crippen LogP contribution is 2.41. The molecule has 4 heteroatoms. The molecule has 1 amide bonds. The summed E-state index contributed by atoms with van der Waals surface area (Å²) in [4.78, 5) is 11.6. The standard InChI is InChI=1S/C15H21NO3/c1-15(2,3)19-14(17)16-13-9-12(13)10-5-7-11(18-4)8-6-10/h5-8,12-13H,9H2,1-4H3,(H,16,17)/t12-,13?/m1/s1. The number of alkyl carbamates (subject to hydrolysis) is 1. The van der Waals surface area contributed by atoms with Crippen LogP contribution in [0.15, 0.2) is 24.3 Å². The van der Waals surface area contributed by atoms with E-state index in [4.69, 9.17) is 9.47 Å². The molecule has 0 heterocycles. The molecule has 104 valence electrons. The molecule has 2 rings (SSSR count). The monoisotopic (exact) mass is 263 g/mol. The molecule has 1 aliphatic carbocycles. The van der Waals surface area contributed by atoms with Crippen molar-refractivity contribution in [2.45, 2.75) is 44.8 Å². The highest BCUT2D eigenvalue weighted by molar-refractivity contribution is 5.69. The van der Waals surface area contributed by atoms with Crippen LogP contribution in [0.2, 0.25) is 0 Å². The minimum absolute atomic E-state index is 0.184. The Kier molecular flexibility index (Phi) is 3.69. The van der Waals surface area contributed by atoms with Crippen molar-refractivity contribution >= 4 is 6.09 Å². The van der Waals surface area contributed by atoms with E-state index in [-0.39, 0.29) is 12.1 Å². The second-order valence-electron chi connectivity index (χ2n) is 5.87. The largest absolute Gasteiger partial charge is 0.497 e. The summed E-state index contributed by atoms with van der Waals surface area (Å²) in [6.45, 7) is 5.58. The minimum Gasteiger partial charge on any atom is -0.497 e. The van der Waals surface area contributed by atoms with E-state index in [1.807, 2.05) is 45.0 Å². The summed E-state index contributed by atoms with van der Waals surface area (Å²) < 4.78 is 10.4. The molecule has 0 aliphatic heterocycles. The topological polar surface area (TPSA) is 47.6 Å². The van der Waals surface area contributed by atoms with E-state index in [1.54, 1.807) is 7.11 Å². The van der Waals surface area contributed by atoms with Gasteiger partial charge in [0, 0.05) is 12.0 Å². The number of ether oxygens (including phenoxy) is 2. The van der Waals surface area contributed by atoms with E-state index in [1.165, 1.54) is 5.56 Å². The van der Waals surface area contributed by atoms with Gasteiger partial charge in [-0.1, -0.05) is 12.1 Å². The highest BCUT2D eigenvalue weighted by atomic mass is 16.6. The minimum atomic E-state index is -0.450. The molecule has 19 heavy (non-hydrogen) atoms. The first-order valence-corrected chi connectivity index (χ1v) is 6.52. The zero-order valence-corrected chi connectivity index (χ0v) is 11.9. The van der Waals surface area contributed by atoms with Crippen molar-refractivity contribution in [2.24, 2.45) is 0 Å². The summed E-state index contributed by atoms with van der Waals surface area (Å²) in [5.41, 5.74) is 0.774. The van der Waals surface area contributed by atoms with Gasteiger partial charge >= 0.3 is 6.09 Å². The lowest BCUT2D eigenvalue weighted by molar-refractivity contribution is 0.0523. The van der Waals surface area contributed by atoms with Crippen LogP contribution in [0.3, 0.4) is 0 Å². The van der Waals surface area contributed by atoms with Crippen LogP contribution in [0.5, 0.6) is 5.75 Å². The first-order valence-electron chi connectivity index (χ1n) is 6.52. The van der Waals surface area contributed by atoms with Crippen LogP contribution in [0.1, 0.15) is 38.7 Å². The molecule has 0 aromatic heterocycles. The third kappa shape index (κ3) is 3.88. The summed E-state index contributed by atoms with van der Waals surface area (Å²) in [7, 11) is 1.65. The van der Waals surface area contributed by atoms with Gasteiger partial charge < -0.3 is 14.8 Å². The molecule has 1 N–H and O–H groups in total. The van der Waals surface area contributed by atoms with Crippen molar-refractivity contribution < 1.29 is 14.3 Å². The maximum absolute atomic E-state index is 11.6. The van der Waals surface area contributed by atoms with Gasteiger partial charge in [-0.15, -0.1) is 0 Å². The van der Waals surface area contributed by atoms with Gasteiger partial charge in [-0.3, -0.25) is 0 Å². The van der Waals surface area contributed by atoms with Crippen LogP contribution in [0, 0.1) is 0 Å². The van der Waals surface area contributed by atoms with E-state index in [2.05, 4.69) is 5.32 Å². The number of carbonyl (C=O) groups excluding carboxylic acids is 1. The Morgan fingerprint density at radius 1 is 1.26 bits per heavy atom. The maximum Gasteiger partial charge on any atom is 0.407 e. The van der Waals surface area contributed by atoms with Gasteiger partial charge in [0.25, 0.3) is 0 Å². The first-order chi connectivity index (χ1) is 8.89. The Bertz CT molecular complexity index is 447. The van der Waals surface area contributed by atoms with Crippen LogP contribution in [-0.4, -0.2) is 24.8 Å². The number of hydrogen-bond acceptors (Lipinski definition) is 3. The summed E-state index contributed by atoms with van der Waals surface area (Å²) in [5, 5.41) is 2.90. The van der Waals surface area contributed by atoms with Crippen molar-refractivity contribution in [3.8, 4) is 5.75 Å². The smallest absolute Gasteiger partial charge is 0.407 e.